The molecule has 0 saturated heterocycles. The van der Waals surface area contributed by atoms with Gasteiger partial charge < -0.3 is 15.0 Å². The van der Waals surface area contributed by atoms with E-state index in [1.165, 1.54) is 0 Å². The van der Waals surface area contributed by atoms with Crippen LogP contribution in [0.3, 0.4) is 0 Å². The van der Waals surface area contributed by atoms with Crippen LogP contribution >= 0.6 is 0 Å². The minimum atomic E-state index is -0.0482. The number of hydrogen-bond acceptors (Lipinski definition) is 3. The topological polar surface area (TPSA) is 50.1 Å². The van der Waals surface area contributed by atoms with E-state index in [1.54, 1.807) is 0 Å². The van der Waals surface area contributed by atoms with Crippen LogP contribution in [0.1, 0.15) is 30.8 Å². The second-order valence-electron chi connectivity index (χ2n) is 4.56. The summed E-state index contributed by atoms with van der Waals surface area (Å²) in [4.78, 5) is 4.35. The van der Waals surface area contributed by atoms with Crippen molar-refractivity contribution in [3.8, 4) is 0 Å². The van der Waals surface area contributed by atoms with Gasteiger partial charge in [-0.05, 0) is 12.0 Å². The lowest BCUT2D eigenvalue weighted by atomic mass is 10.1. The minimum Gasteiger partial charge on any atom is -0.394 e. The number of imidazole rings is 1. The molecule has 4 heteroatoms. The van der Waals surface area contributed by atoms with Crippen LogP contribution in [-0.4, -0.2) is 21.3 Å². The Morgan fingerprint density at radius 1 is 1.32 bits per heavy atom. The maximum Gasteiger partial charge on any atom is 0.122 e. The predicted octanol–water partition coefficient (Wildman–Crippen LogP) is 2.12. The molecule has 0 aliphatic rings. The Balaban J connectivity index is 1.98. The van der Waals surface area contributed by atoms with E-state index >= 15 is 0 Å². The normalized spacial score (nSPS) is 12.5. The molecular formula is C15H21N3O. The van der Waals surface area contributed by atoms with Crippen molar-refractivity contribution in [2.45, 2.75) is 32.5 Å². The third-order valence-electron chi connectivity index (χ3n) is 3.16. The summed E-state index contributed by atoms with van der Waals surface area (Å²) in [5.41, 5.74) is 1.10. The number of aromatic nitrogens is 2. The largest absolute Gasteiger partial charge is 0.394 e. The van der Waals surface area contributed by atoms with E-state index in [-0.39, 0.29) is 12.6 Å². The Labute approximate surface area is 114 Å². The van der Waals surface area contributed by atoms with Crippen molar-refractivity contribution in [3.05, 3.63) is 54.1 Å². The summed E-state index contributed by atoms with van der Waals surface area (Å²) in [5.74, 6) is 1.01. The van der Waals surface area contributed by atoms with Crippen molar-refractivity contribution in [1.82, 2.24) is 14.9 Å². The molecule has 0 spiro atoms. The van der Waals surface area contributed by atoms with Crippen molar-refractivity contribution in [2.24, 2.45) is 0 Å². The second kappa shape index (κ2) is 7.07. The lowest BCUT2D eigenvalue weighted by molar-refractivity contribution is 0.242. The number of hydrogen-bond donors (Lipinski definition) is 2. The Morgan fingerprint density at radius 2 is 2.11 bits per heavy atom. The van der Waals surface area contributed by atoms with Crippen LogP contribution in [0, 0.1) is 0 Å². The van der Waals surface area contributed by atoms with Crippen LogP contribution in [0.5, 0.6) is 0 Å². The first-order valence-corrected chi connectivity index (χ1v) is 6.74. The molecule has 0 radical (unpaired) electrons. The second-order valence-corrected chi connectivity index (χ2v) is 4.56. The highest BCUT2D eigenvalue weighted by Crippen LogP contribution is 2.12. The van der Waals surface area contributed by atoms with Gasteiger partial charge in [-0.15, -0.1) is 0 Å². The SMILES string of the molecule is CCCn1ccnc1CNC(CO)c1ccccc1. The molecule has 1 aromatic heterocycles. The maximum absolute atomic E-state index is 9.49. The highest BCUT2D eigenvalue weighted by atomic mass is 16.3. The molecule has 2 rings (SSSR count). The lowest BCUT2D eigenvalue weighted by Crippen LogP contribution is -2.25. The predicted molar refractivity (Wildman–Crippen MR) is 75.6 cm³/mol. The van der Waals surface area contributed by atoms with E-state index < -0.39 is 0 Å². The smallest absolute Gasteiger partial charge is 0.122 e. The molecule has 0 saturated carbocycles. The number of aryl methyl sites for hydroxylation is 1. The number of benzene rings is 1. The number of nitrogens with one attached hydrogen (secondary N) is 1. The molecule has 0 aliphatic heterocycles. The lowest BCUT2D eigenvalue weighted by Gasteiger charge is -2.17. The van der Waals surface area contributed by atoms with E-state index in [2.05, 4.69) is 21.8 Å². The zero-order valence-corrected chi connectivity index (χ0v) is 11.3. The minimum absolute atomic E-state index is 0.0482. The molecule has 1 heterocycles. The quantitative estimate of drug-likeness (QED) is 0.800. The van der Waals surface area contributed by atoms with Crippen LogP contribution in [0.4, 0.5) is 0 Å². The molecule has 0 aliphatic carbocycles. The Morgan fingerprint density at radius 3 is 2.79 bits per heavy atom. The van der Waals surface area contributed by atoms with Crippen molar-refractivity contribution >= 4 is 0 Å². The van der Waals surface area contributed by atoms with Crippen LogP contribution < -0.4 is 5.32 Å². The molecule has 1 unspecified atom stereocenters. The van der Waals surface area contributed by atoms with Gasteiger partial charge in [0.25, 0.3) is 0 Å². The molecule has 1 aromatic carbocycles. The Hall–Kier alpha value is -1.65. The average Bonchev–Trinajstić information content (AvgIpc) is 2.89. The van der Waals surface area contributed by atoms with E-state index in [0.29, 0.717) is 6.54 Å². The summed E-state index contributed by atoms with van der Waals surface area (Å²) in [5, 5.41) is 12.8. The van der Waals surface area contributed by atoms with Crippen LogP contribution in [-0.2, 0) is 13.1 Å². The molecule has 4 nitrogen and oxygen atoms in total. The highest BCUT2D eigenvalue weighted by Gasteiger charge is 2.10. The summed E-state index contributed by atoms with van der Waals surface area (Å²) >= 11 is 0. The van der Waals surface area contributed by atoms with Gasteiger partial charge in [0.1, 0.15) is 5.82 Å². The monoisotopic (exact) mass is 259 g/mol. The number of nitrogens with zero attached hydrogens (tertiary/aromatic N) is 2. The third-order valence-corrected chi connectivity index (χ3v) is 3.16. The van der Waals surface area contributed by atoms with Crippen LogP contribution in [0.2, 0.25) is 0 Å². The molecule has 0 amide bonds. The summed E-state index contributed by atoms with van der Waals surface area (Å²) in [6, 6.07) is 9.94. The molecule has 0 bridgehead atoms. The molecule has 1 atom stereocenters. The number of aliphatic hydroxyl groups excluding tert-OH is 1. The van der Waals surface area contributed by atoms with Crippen LogP contribution in [0.25, 0.3) is 0 Å². The van der Waals surface area contributed by atoms with Gasteiger partial charge in [0.2, 0.25) is 0 Å². The molecular weight excluding hydrogens is 238 g/mol. The maximum atomic E-state index is 9.49. The molecule has 2 N–H and O–H groups in total. The Bertz CT molecular complexity index is 481. The fourth-order valence-corrected chi connectivity index (χ4v) is 2.14. The zero-order chi connectivity index (χ0) is 13.5. The van der Waals surface area contributed by atoms with Crippen molar-refractivity contribution < 1.29 is 5.11 Å². The third kappa shape index (κ3) is 3.66. The first kappa shape index (κ1) is 13.8. The van der Waals surface area contributed by atoms with Crippen LogP contribution in [0.15, 0.2) is 42.7 Å². The first-order valence-electron chi connectivity index (χ1n) is 6.74. The van der Waals surface area contributed by atoms with E-state index in [4.69, 9.17) is 0 Å². The van der Waals surface area contributed by atoms with Gasteiger partial charge in [-0.25, -0.2) is 4.98 Å². The van der Waals surface area contributed by atoms with Gasteiger partial charge in [0.05, 0.1) is 19.2 Å². The number of aliphatic hydroxyl groups is 1. The van der Waals surface area contributed by atoms with Crippen molar-refractivity contribution in [1.29, 1.82) is 0 Å². The van der Waals surface area contributed by atoms with Gasteiger partial charge in [0, 0.05) is 18.9 Å². The summed E-state index contributed by atoms with van der Waals surface area (Å²) < 4.78 is 2.15. The van der Waals surface area contributed by atoms with Gasteiger partial charge in [-0.2, -0.15) is 0 Å². The van der Waals surface area contributed by atoms with E-state index in [9.17, 15) is 5.11 Å². The highest BCUT2D eigenvalue weighted by molar-refractivity contribution is 5.19. The average molecular weight is 259 g/mol. The van der Waals surface area contributed by atoms with E-state index in [1.807, 2.05) is 42.7 Å². The van der Waals surface area contributed by atoms with Gasteiger partial charge in [-0.1, -0.05) is 37.3 Å². The van der Waals surface area contributed by atoms with E-state index in [0.717, 1.165) is 24.4 Å². The fourth-order valence-electron chi connectivity index (χ4n) is 2.14. The Kier molecular flexibility index (Phi) is 5.12. The van der Waals surface area contributed by atoms with Gasteiger partial charge >= 0.3 is 0 Å². The zero-order valence-electron chi connectivity index (χ0n) is 11.3. The molecule has 102 valence electrons. The number of rotatable bonds is 7. The van der Waals surface area contributed by atoms with Gasteiger partial charge in [-0.3, -0.25) is 0 Å². The van der Waals surface area contributed by atoms with Crippen molar-refractivity contribution in [2.75, 3.05) is 6.61 Å². The van der Waals surface area contributed by atoms with Gasteiger partial charge in [0.15, 0.2) is 0 Å². The summed E-state index contributed by atoms with van der Waals surface area (Å²) in [7, 11) is 0. The van der Waals surface area contributed by atoms with Crippen molar-refractivity contribution in [3.63, 3.8) is 0 Å². The fraction of sp³-hybridized carbons (Fsp3) is 0.400. The standard InChI is InChI=1S/C15H21N3O/c1-2-9-18-10-8-16-15(18)11-17-14(12-19)13-6-4-3-5-7-13/h3-8,10,14,17,19H,2,9,11-12H2,1H3. The summed E-state index contributed by atoms with van der Waals surface area (Å²) in [6.07, 6.45) is 4.91. The summed E-state index contributed by atoms with van der Waals surface area (Å²) in [6.45, 7) is 3.87. The molecule has 19 heavy (non-hydrogen) atoms. The molecule has 2 aromatic rings. The molecule has 0 fully saturated rings. The first-order chi connectivity index (χ1) is 9.35.